The number of hydrogen-bond acceptors (Lipinski definition) is 11. The van der Waals surface area contributed by atoms with Gasteiger partial charge in [-0.15, -0.1) is 25.3 Å². The molecule has 0 spiro atoms. The SMILES string of the molecule is C.C.CC.CS(=O)(=O)O.O=C(O)Cc1ccc(SC2=C(/C=C/c3cc(-c4ccccc4)[s+]c(-c4ccccc4)c3)CC/C2=C\C=C2C=C(c3ccccc3)SC(c3ccccc3)=C2)cc1.O=S(=O)=O.O=S(=O)=O. The van der Waals surface area contributed by atoms with Gasteiger partial charge in [-0.25, -0.2) is 0 Å². The molecular formula is C56H57O11S6+. The summed E-state index contributed by atoms with van der Waals surface area (Å²) in [5, 5.41) is 9.34. The van der Waals surface area contributed by atoms with Crippen LogP contribution in [0.4, 0.5) is 0 Å². The average molecular weight is 1100 g/mol. The van der Waals surface area contributed by atoms with E-state index in [4.69, 9.17) is 29.8 Å². The summed E-state index contributed by atoms with van der Waals surface area (Å²) >= 11 is 5.39. The van der Waals surface area contributed by atoms with Crippen LogP contribution in [0.5, 0.6) is 0 Å². The van der Waals surface area contributed by atoms with Crippen LogP contribution in [-0.2, 0) is 42.6 Å². The summed E-state index contributed by atoms with van der Waals surface area (Å²) in [7, 11) is -9.89. The van der Waals surface area contributed by atoms with Gasteiger partial charge in [-0.1, -0.05) is 186 Å². The Kier molecular flexibility index (Phi) is 27.8. The van der Waals surface area contributed by atoms with E-state index in [0.717, 1.165) is 34.4 Å². The molecule has 0 bridgehead atoms. The highest BCUT2D eigenvalue weighted by Gasteiger charge is 2.22. The second kappa shape index (κ2) is 32.5. The molecular weight excluding hydrogens is 1040 g/mol. The Labute approximate surface area is 445 Å². The lowest BCUT2D eigenvalue weighted by molar-refractivity contribution is -0.136. The Bertz CT molecular complexity index is 3120. The molecule has 0 amide bonds. The smallest absolute Gasteiger partial charge is 0.425 e. The number of aliphatic carboxylic acids is 1. The fraction of sp³-hybridized carbons (Fsp3) is 0.143. The molecule has 17 heteroatoms. The Morgan fingerprint density at radius 1 is 0.630 bits per heavy atom. The third-order valence-corrected chi connectivity index (χ3v) is 13.1. The van der Waals surface area contributed by atoms with Gasteiger partial charge in [0.2, 0.25) is 21.1 Å². The predicted molar refractivity (Wildman–Crippen MR) is 303 cm³/mol. The number of hydrogen-bond donors (Lipinski definition) is 2. The second-order valence-electron chi connectivity index (χ2n) is 14.7. The van der Waals surface area contributed by atoms with Crippen molar-refractivity contribution in [3.05, 3.63) is 232 Å². The van der Waals surface area contributed by atoms with E-state index >= 15 is 0 Å². The van der Waals surface area contributed by atoms with E-state index in [2.05, 4.69) is 170 Å². The quantitative estimate of drug-likeness (QED) is 0.0920. The molecule has 1 aliphatic heterocycles. The van der Waals surface area contributed by atoms with Crippen molar-refractivity contribution < 1.29 is 48.1 Å². The molecule has 6 aromatic rings. The molecule has 0 unspecified atom stereocenters. The first-order chi connectivity index (χ1) is 34.0. The maximum atomic E-state index is 11.4. The number of carboxylic acids is 1. The number of thioether (sulfide) groups is 2. The molecule has 0 atom stereocenters. The minimum absolute atomic E-state index is 0. The first-order valence-electron chi connectivity index (χ1n) is 21.6. The van der Waals surface area contributed by atoms with E-state index in [-0.39, 0.29) is 21.3 Å². The zero-order valence-electron chi connectivity index (χ0n) is 38.6. The number of allylic oxidation sites excluding steroid dienone is 8. The maximum Gasteiger partial charge on any atom is 0.425 e. The van der Waals surface area contributed by atoms with E-state index in [1.807, 2.05) is 61.2 Å². The molecule has 2 aliphatic rings. The number of benzene rings is 5. The topological polar surface area (TPSA) is 194 Å². The van der Waals surface area contributed by atoms with Crippen molar-refractivity contribution >= 4 is 88.1 Å². The van der Waals surface area contributed by atoms with E-state index in [1.54, 1.807) is 11.8 Å². The van der Waals surface area contributed by atoms with Gasteiger partial charge >= 0.3 is 27.2 Å². The van der Waals surface area contributed by atoms with Gasteiger partial charge in [0.25, 0.3) is 10.1 Å². The molecule has 5 aromatic carbocycles. The average Bonchev–Trinajstić information content (AvgIpc) is 3.74. The highest BCUT2D eigenvalue weighted by Crippen LogP contribution is 2.46. The Hall–Kier alpha value is -6.57. The van der Waals surface area contributed by atoms with Crippen LogP contribution in [0.3, 0.4) is 0 Å². The summed E-state index contributed by atoms with van der Waals surface area (Å²) in [6.45, 7) is 4.00. The lowest BCUT2D eigenvalue weighted by Gasteiger charge is -2.17. The van der Waals surface area contributed by atoms with E-state index in [9.17, 15) is 18.3 Å². The minimum atomic E-state index is -3.67. The predicted octanol–water partition coefficient (Wildman–Crippen LogP) is 14.3. The number of rotatable bonds is 11. The van der Waals surface area contributed by atoms with Gasteiger partial charge in [0.15, 0.2) is 0 Å². The minimum Gasteiger partial charge on any atom is -0.481 e. The molecule has 382 valence electrons. The van der Waals surface area contributed by atoms with Crippen molar-refractivity contribution in [2.75, 3.05) is 6.26 Å². The lowest BCUT2D eigenvalue weighted by atomic mass is 10.1. The zero-order chi connectivity index (χ0) is 51.8. The van der Waals surface area contributed by atoms with Crippen molar-refractivity contribution in [3.63, 3.8) is 0 Å². The monoisotopic (exact) mass is 1100 g/mol. The van der Waals surface area contributed by atoms with Crippen molar-refractivity contribution in [1.82, 2.24) is 0 Å². The molecule has 0 fully saturated rings. The van der Waals surface area contributed by atoms with Crippen LogP contribution in [0, 0.1) is 0 Å². The first-order valence-corrected chi connectivity index (χ1v) is 27.9. The third-order valence-electron chi connectivity index (χ3n) is 9.56. The van der Waals surface area contributed by atoms with Gasteiger partial charge in [-0.05, 0) is 100 Å². The molecule has 11 nitrogen and oxygen atoms in total. The summed E-state index contributed by atoms with van der Waals surface area (Å²) in [6.07, 6.45) is 16.3. The molecule has 0 saturated carbocycles. The van der Waals surface area contributed by atoms with E-state index in [1.165, 1.54) is 57.9 Å². The molecule has 8 rings (SSSR count). The van der Waals surface area contributed by atoms with Crippen LogP contribution >= 0.6 is 34.9 Å². The van der Waals surface area contributed by atoms with Crippen LogP contribution in [0.2, 0.25) is 0 Å². The van der Waals surface area contributed by atoms with E-state index < -0.39 is 37.3 Å². The second-order valence-corrected chi connectivity index (χ2v) is 20.2. The van der Waals surface area contributed by atoms with Gasteiger partial charge in [0.1, 0.15) is 0 Å². The summed E-state index contributed by atoms with van der Waals surface area (Å²) in [5.74, 6) is -0.822. The zero-order valence-corrected chi connectivity index (χ0v) is 43.5. The van der Waals surface area contributed by atoms with Crippen LogP contribution in [0.1, 0.15) is 63.8 Å². The summed E-state index contributed by atoms with van der Waals surface area (Å²) in [5.41, 5.74) is 10.5. The molecule has 1 aromatic heterocycles. The third kappa shape index (κ3) is 23.2. The van der Waals surface area contributed by atoms with Gasteiger partial charge in [0, 0.05) is 42.9 Å². The van der Waals surface area contributed by atoms with Gasteiger partial charge < -0.3 is 5.11 Å². The largest absolute Gasteiger partial charge is 0.481 e. The van der Waals surface area contributed by atoms with Crippen LogP contribution < -0.4 is 0 Å². The van der Waals surface area contributed by atoms with Crippen LogP contribution in [0.15, 0.2) is 215 Å². The lowest BCUT2D eigenvalue weighted by Crippen LogP contribution is -1.99. The van der Waals surface area contributed by atoms with Crippen molar-refractivity contribution in [2.24, 2.45) is 0 Å². The standard InChI is InChI=1S/C51H38O2S3.C2H6.CH4O3S.2CH4.2O3S/c52-50(53)35-36-23-29-45(30-24-36)54-51-43(25-21-37-31-46(39-13-5-1-6-14-39)55-47(32-37)40-15-7-2-8-16-40)27-28-44(51)26-22-38-33-48(41-17-9-3-10-18-41)56-49(34-38)42-19-11-4-12-20-42;1-2;1-5(2,3)4;;;2*1-4(2)3/h1-26,29-34H,27-28,35H2;1-2H3;1H3,(H,2,3,4);2*1H4;;/p+1. The Morgan fingerprint density at radius 2 is 1.03 bits per heavy atom. The first kappa shape index (κ1) is 62.5. The van der Waals surface area contributed by atoms with Gasteiger partial charge in [-0.2, -0.15) is 8.42 Å². The van der Waals surface area contributed by atoms with E-state index in [0.29, 0.717) is 6.26 Å². The molecule has 1 aliphatic carbocycles. The molecule has 0 saturated heterocycles. The summed E-state index contributed by atoms with van der Waals surface area (Å²) in [4.78, 5) is 18.6. The van der Waals surface area contributed by atoms with Crippen LogP contribution in [-0.4, -0.2) is 55.6 Å². The van der Waals surface area contributed by atoms with Gasteiger partial charge in [-0.3, -0.25) is 9.35 Å². The highest BCUT2D eigenvalue weighted by atomic mass is 32.2. The van der Waals surface area contributed by atoms with Gasteiger partial charge in [0.05, 0.1) is 12.7 Å². The Balaban J connectivity index is 0.000000954. The normalized spacial score (nSPS) is 13.0. The van der Waals surface area contributed by atoms with Crippen molar-refractivity contribution in [2.45, 2.75) is 52.9 Å². The fourth-order valence-electron chi connectivity index (χ4n) is 6.73. The summed E-state index contributed by atoms with van der Waals surface area (Å²) < 4.78 is 76.5. The van der Waals surface area contributed by atoms with Crippen LogP contribution in [0.25, 0.3) is 36.8 Å². The van der Waals surface area contributed by atoms with Crippen molar-refractivity contribution in [3.8, 4) is 20.9 Å². The maximum absolute atomic E-state index is 11.4. The van der Waals surface area contributed by atoms with Crippen molar-refractivity contribution in [1.29, 1.82) is 0 Å². The fourth-order valence-corrected chi connectivity index (χ4v) is 10.1. The molecule has 2 heterocycles. The molecule has 2 N–H and O–H groups in total. The highest BCUT2D eigenvalue weighted by molar-refractivity contribution is 8.16. The number of carbonyl (C=O) groups is 1. The summed E-state index contributed by atoms with van der Waals surface area (Å²) in [6, 6.07) is 55.0. The molecule has 0 radical (unpaired) electrons. The molecule has 73 heavy (non-hydrogen) atoms. The number of carboxylic acid groups (broad SMARTS) is 1. The Morgan fingerprint density at radius 3 is 1.42 bits per heavy atom.